The van der Waals surface area contributed by atoms with Gasteiger partial charge in [-0.3, -0.25) is 4.79 Å². The van der Waals surface area contributed by atoms with Crippen LogP contribution in [-0.4, -0.2) is 49.7 Å². The number of piperidine rings is 1. The molecule has 0 saturated carbocycles. The normalized spacial score (nSPS) is 31.4. The minimum atomic E-state index is -4.90. The van der Waals surface area contributed by atoms with Crippen LogP contribution in [0.4, 0.5) is 13.2 Å². The lowest BCUT2D eigenvalue weighted by molar-refractivity contribution is -0.309. The number of carbonyl (C=O) groups excluding carboxylic acids is 1. The van der Waals surface area contributed by atoms with Crippen molar-refractivity contribution in [3.8, 4) is 0 Å². The lowest BCUT2D eigenvalue weighted by atomic mass is 9.81. The monoisotopic (exact) mass is 336 g/mol. The first kappa shape index (κ1) is 18.2. The summed E-state index contributed by atoms with van der Waals surface area (Å²) in [6.07, 6.45) is 0.0635. The molecule has 1 amide bonds. The van der Waals surface area contributed by atoms with Gasteiger partial charge in [-0.2, -0.15) is 13.2 Å². The molecule has 3 atom stereocenters. The first-order valence-corrected chi connectivity index (χ1v) is 7.80. The third-order valence-electron chi connectivity index (χ3n) is 4.19. The van der Waals surface area contributed by atoms with Crippen molar-refractivity contribution < 1.29 is 27.4 Å². The second-order valence-electron chi connectivity index (χ2n) is 6.00. The van der Waals surface area contributed by atoms with Crippen LogP contribution in [0.15, 0.2) is 12.2 Å². The molecule has 2 fully saturated rings. The Morgan fingerprint density at radius 2 is 2.04 bits per heavy atom. The lowest BCUT2D eigenvalue weighted by Crippen LogP contribution is -2.65. The van der Waals surface area contributed by atoms with E-state index in [1.807, 2.05) is 31.3 Å². The molecule has 5 nitrogen and oxygen atoms in total. The van der Waals surface area contributed by atoms with Crippen LogP contribution in [0.2, 0.25) is 0 Å². The summed E-state index contributed by atoms with van der Waals surface area (Å²) in [6, 6.07) is -0.153. The number of amides is 1. The summed E-state index contributed by atoms with van der Waals surface area (Å²) >= 11 is 0. The molecule has 0 aromatic heterocycles. The largest absolute Gasteiger partial charge is 0.471 e. The molecular weight excluding hydrogens is 313 g/mol. The molecule has 132 valence electrons. The fraction of sp³-hybridized carbons (Fsp3) is 0.800. The summed E-state index contributed by atoms with van der Waals surface area (Å²) < 4.78 is 49.0. The predicted molar refractivity (Wildman–Crippen MR) is 77.6 cm³/mol. The van der Waals surface area contributed by atoms with Gasteiger partial charge in [-0.1, -0.05) is 12.2 Å². The lowest BCUT2D eigenvalue weighted by Gasteiger charge is -2.51. The molecule has 23 heavy (non-hydrogen) atoms. The van der Waals surface area contributed by atoms with E-state index in [2.05, 4.69) is 5.32 Å². The van der Waals surface area contributed by atoms with Crippen molar-refractivity contribution in [3.05, 3.63) is 12.2 Å². The molecule has 0 radical (unpaired) electrons. The molecule has 0 aromatic rings. The fourth-order valence-electron chi connectivity index (χ4n) is 3.26. The van der Waals surface area contributed by atoms with Gasteiger partial charge in [0.1, 0.15) is 0 Å². The van der Waals surface area contributed by atoms with E-state index in [1.54, 1.807) is 0 Å². The molecule has 2 aliphatic heterocycles. The average molecular weight is 336 g/mol. The van der Waals surface area contributed by atoms with E-state index in [0.717, 1.165) is 6.42 Å². The molecule has 2 heterocycles. The van der Waals surface area contributed by atoms with Gasteiger partial charge in [0.2, 0.25) is 0 Å². The zero-order valence-corrected chi connectivity index (χ0v) is 13.3. The molecule has 0 aromatic carbocycles. The zero-order valence-electron chi connectivity index (χ0n) is 13.3. The maximum atomic E-state index is 12.4. The molecule has 0 bridgehead atoms. The van der Waals surface area contributed by atoms with E-state index in [-0.39, 0.29) is 18.6 Å². The van der Waals surface area contributed by atoms with Gasteiger partial charge in [0, 0.05) is 31.0 Å². The molecule has 2 saturated heterocycles. The molecule has 8 heteroatoms. The van der Waals surface area contributed by atoms with Gasteiger partial charge in [0.25, 0.3) is 0 Å². The van der Waals surface area contributed by atoms with Gasteiger partial charge in [-0.15, -0.1) is 0 Å². The third-order valence-corrected chi connectivity index (χ3v) is 4.19. The summed E-state index contributed by atoms with van der Waals surface area (Å²) in [6.45, 7) is 4.64. The van der Waals surface area contributed by atoms with Gasteiger partial charge in [0.05, 0.1) is 13.2 Å². The van der Waals surface area contributed by atoms with Crippen LogP contribution in [0.1, 0.15) is 26.7 Å². The zero-order chi connectivity index (χ0) is 17.1. The summed E-state index contributed by atoms with van der Waals surface area (Å²) in [7, 11) is 0. The van der Waals surface area contributed by atoms with Gasteiger partial charge >= 0.3 is 12.1 Å². The van der Waals surface area contributed by atoms with Gasteiger partial charge < -0.3 is 20.1 Å². The molecule has 2 N–H and O–H groups in total. The van der Waals surface area contributed by atoms with E-state index in [0.29, 0.717) is 19.6 Å². The van der Waals surface area contributed by atoms with Crippen molar-refractivity contribution in [2.24, 2.45) is 5.92 Å². The van der Waals surface area contributed by atoms with E-state index < -0.39 is 23.8 Å². The topological polar surface area (TPSA) is 59.6 Å². The third kappa shape index (κ3) is 4.24. The molecule has 2 rings (SSSR count). The summed E-state index contributed by atoms with van der Waals surface area (Å²) in [5.41, 5.74) is 0. The average Bonchev–Trinajstić information content (AvgIpc) is 2.46. The highest BCUT2D eigenvalue weighted by Crippen LogP contribution is 2.38. The van der Waals surface area contributed by atoms with Crippen LogP contribution in [0.3, 0.4) is 0 Å². The second-order valence-corrected chi connectivity index (χ2v) is 6.00. The second kappa shape index (κ2) is 7.19. The maximum absolute atomic E-state index is 12.4. The van der Waals surface area contributed by atoms with Crippen molar-refractivity contribution in [1.29, 1.82) is 0 Å². The van der Waals surface area contributed by atoms with Crippen LogP contribution >= 0.6 is 0 Å². The van der Waals surface area contributed by atoms with Crippen molar-refractivity contribution in [2.75, 3.05) is 19.8 Å². The SMILES string of the molecule is C/C=C/[C@@H]1N[C@H](C)CC2(OCCCO2)[C@H]1CNC(=O)C(F)(F)F. The van der Waals surface area contributed by atoms with Crippen molar-refractivity contribution >= 4 is 5.91 Å². The Hall–Kier alpha value is -1.12. The number of allylic oxidation sites excluding steroid dienone is 1. The minimum absolute atomic E-state index is 0.0869. The molecule has 0 unspecified atom stereocenters. The molecule has 0 aliphatic carbocycles. The highest BCUT2D eigenvalue weighted by Gasteiger charge is 2.51. The number of rotatable bonds is 3. The highest BCUT2D eigenvalue weighted by molar-refractivity contribution is 5.81. The van der Waals surface area contributed by atoms with Crippen LogP contribution in [0, 0.1) is 5.92 Å². The van der Waals surface area contributed by atoms with Crippen LogP contribution in [0.5, 0.6) is 0 Å². The Kier molecular flexibility index (Phi) is 5.70. The quantitative estimate of drug-likeness (QED) is 0.771. The molecule has 1 spiro atoms. The van der Waals surface area contributed by atoms with E-state index in [4.69, 9.17) is 9.47 Å². The number of nitrogens with one attached hydrogen (secondary N) is 2. The summed E-state index contributed by atoms with van der Waals surface area (Å²) in [5.74, 6) is -3.35. The number of halogens is 3. The van der Waals surface area contributed by atoms with Gasteiger partial charge in [-0.05, 0) is 20.3 Å². The standard InChI is InChI=1S/C15H23F3N2O3/c1-3-5-12-11(9-19-13(21)15(16,17)18)14(8-10(2)20-12)22-6-4-7-23-14/h3,5,10-12,20H,4,6-9H2,1-2H3,(H,19,21)/b5-3+/t10-,11+,12+/m1/s1. The molecular formula is C15H23F3N2O3. The van der Waals surface area contributed by atoms with Gasteiger partial charge in [-0.25, -0.2) is 0 Å². The Morgan fingerprint density at radius 3 is 2.61 bits per heavy atom. The first-order chi connectivity index (χ1) is 10.8. The van der Waals surface area contributed by atoms with E-state index in [1.165, 1.54) is 0 Å². The Balaban J connectivity index is 2.18. The van der Waals surface area contributed by atoms with E-state index >= 15 is 0 Å². The Labute approximate surface area is 133 Å². The summed E-state index contributed by atoms with van der Waals surface area (Å²) in [4.78, 5) is 11.2. The maximum Gasteiger partial charge on any atom is 0.471 e. The number of hydrogen-bond acceptors (Lipinski definition) is 4. The smallest absolute Gasteiger partial charge is 0.349 e. The highest BCUT2D eigenvalue weighted by atomic mass is 19.4. The van der Waals surface area contributed by atoms with Crippen molar-refractivity contribution in [3.63, 3.8) is 0 Å². The van der Waals surface area contributed by atoms with Crippen molar-refractivity contribution in [1.82, 2.24) is 10.6 Å². The van der Waals surface area contributed by atoms with Crippen molar-refractivity contribution in [2.45, 2.75) is 50.7 Å². The Morgan fingerprint density at radius 1 is 1.39 bits per heavy atom. The number of hydrogen-bond donors (Lipinski definition) is 2. The number of alkyl halides is 3. The predicted octanol–water partition coefficient (Wildman–Crippen LogP) is 1.74. The van der Waals surface area contributed by atoms with Crippen LogP contribution in [0.25, 0.3) is 0 Å². The fourth-order valence-corrected chi connectivity index (χ4v) is 3.26. The summed E-state index contributed by atoms with van der Waals surface area (Å²) in [5, 5.41) is 5.29. The van der Waals surface area contributed by atoms with Gasteiger partial charge in [0.15, 0.2) is 5.79 Å². The van der Waals surface area contributed by atoms with Crippen LogP contribution in [-0.2, 0) is 14.3 Å². The Bertz CT molecular complexity index is 448. The molecule has 2 aliphatic rings. The van der Waals surface area contributed by atoms with Crippen LogP contribution < -0.4 is 10.6 Å². The number of carbonyl (C=O) groups is 1. The first-order valence-electron chi connectivity index (χ1n) is 7.80. The van der Waals surface area contributed by atoms with E-state index in [9.17, 15) is 18.0 Å². The minimum Gasteiger partial charge on any atom is -0.349 e. The number of ether oxygens (including phenoxy) is 2.